The van der Waals surface area contributed by atoms with Crippen molar-refractivity contribution < 1.29 is 4.74 Å². The number of nitrogens with zero attached hydrogens (tertiary/aromatic N) is 3. The normalized spacial score (nSPS) is 16.4. The number of pyridine rings is 1. The van der Waals surface area contributed by atoms with E-state index in [0.717, 1.165) is 5.76 Å². The van der Waals surface area contributed by atoms with Crippen LogP contribution in [0.4, 0.5) is 0 Å². The topological polar surface area (TPSA) is 50.3 Å². The summed E-state index contributed by atoms with van der Waals surface area (Å²) < 4.78 is 5.84. The minimum absolute atomic E-state index is 0.0549. The Morgan fingerprint density at radius 2 is 2.21 bits per heavy atom. The SMILES string of the molecule is [C-]#[N+]/C(C#N)=C1\C=C(C(C)(C)C)Oc2ccncc21. The van der Waals surface area contributed by atoms with E-state index in [1.54, 1.807) is 24.5 Å². The van der Waals surface area contributed by atoms with Gasteiger partial charge in [0.1, 0.15) is 11.5 Å². The molecule has 0 spiro atoms. The molecule has 0 unspecified atom stereocenters. The number of hydrogen-bond donors (Lipinski definition) is 0. The summed E-state index contributed by atoms with van der Waals surface area (Å²) in [7, 11) is 0. The molecule has 4 nitrogen and oxygen atoms in total. The first kappa shape index (κ1) is 12.9. The molecule has 0 fully saturated rings. The van der Waals surface area contributed by atoms with Gasteiger partial charge in [-0.05, 0) is 12.1 Å². The monoisotopic (exact) mass is 251 g/mol. The van der Waals surface area contributed by atoms with Crippen LogP contribution in [0.1, 0.15) is 26.3 Å². The van der Waals surface area contributed by atoms with Crippen molar-refractivity contribution in [1.82, 2.24) is 4.98 Å². The van der Waals surface area contributed by atoms with Gasteiger partial charge in [-0.1, -0.05) is 20.8 Å². The van der Waals surface area contributed by atoms with Crippen molar-refractivity contribution >= 4 is 5.57 Å². The summed E-state index contributed by atoms with van der Waals surface area (Å²) in [6, 6.07) is 3.67. The summed E-state index contributed by atoms with van der Waals surface area (Å²) >= 11 is 0. The van der Waals surface area contributed by atoms with E-state index < -0.39 is 0 Å². The van der Waals surface area contributed by atoms with Gasteiger partial charge in [-0.25, -0.2) is 10.1 Å². The largest absolute Gasteiger partial charge is 0.460 e. The van der Waals surface area contributed by atoms with Gasteiger partial charge in [-0.15, -0.1) is 0 Å². The van der Waals surface area contributed by atoms with Gasteiger partial charge in [0.25, 0.3) is 5.70 Å². The fourth-order valence-electron chi connectivity index (χ4n) is 1.74. The summed E-state index contributed by atoms with van der Waals surface area (Å²) in [6.07, 6.45) is 5.01. The number of rotatable bonds is 0. The highest BCUT2D eigenvalue weighted by Gasteiger charge is 2.27. The van der Waals surface area contributed by atoms with E-state index in [4.69, 9.17) is 16.6 Å². The molecule has 0 bridgehead atoms. The Morgan fingerprint density at radius 3 is 2.79 bits per heavy atom. The maximum Gasteiger partial charge on any atom is 0.269 e. The molecule has 0 aliphatic carbocycles. The lowest BCUT2D eigenvalue weighted by Gasteiger charge is -2.28. The highest BCUT2D eigenvalue weighted by molar-refractivity contribution is 5.84. The summed E-state index contributed by atoms with van der Waals surface area (Å²) in [5.41, 5.74) is 1.12. The first-order valence-electron chi connectivity index (χ1n) is 5.83. The van der Waals surface area contributed by atoms with Gasteiger partial charge in [0.2, 0.25) is 0 Å². The third-order valence-electron chi connectivity index (χ3n) is 2.78. The van der Waals surface area contributed by atoms with Crippen molar-refractivity contribution in [1.29, 1.82) is 5.26 Å². The molecule has 0 radical (unpaired) electrons. The molecule has 1 aromatic rings. The molecule has 0 saturated carbocycles. The van der Waals surface area contributed by atoms with Gasteiger partial charge in [0, 0.05) is 28.9 Å². The molecule has 2 heterocycles. The van der Waals surface area contributed by atoms with Gasteiger partial charge in [-0.3, -0.25) is 4.98 Å². The van der Waals surface area contributed by atoms with E-state index in [0.29, 0.717) is 16.9 Å². The summed E-state index contributed by atoms with van der Waals surface area (Å²) in [5, 5.41) is 9.08. The maximum atomic E-state index is 9.08. The Bertz CT molecular complexity index is 648. The molecule has 19 heavy (non-hydrogen) atoms. The molecule has 0 atom stereocenters. The van der Waals surface area contributed by atoms with Crippen molar-refractivity contribution in [3.05, 3.63) is 53.0 Å². The standard InChI is InChI=1S/C15H13N3O/c1-15(2,3)14-7-10(12(8-16)17-4)11-9-18-6-5-13(11)19-14/h5-7,9H,1-3H3/b12-10+. The molecule has 94 valence electrons. The first-order valence-corrected chi connectivity index (χ1v) is 5.83. The van der Waals surface area contributed by atoms with Crippen LogP contribution < -0.4 is 4.74 Å². The third kappa shape index (κ3) is 2.34. The molecule has 0 amide bonds. The molecule has 0 saturated heterocycles. The van der Waals surface area contributed by atoms with Gasteiger partial charge in [0.05, 0.1) is 12.6 Å². The number of ether oxygens (including phenoxy) is 1. The Morgan fingerprint density at radius 1 is 1.47 bits per heavy atom. The maximum absolute atomic E-state index is 9.08. The quantitative estimate of drug-likeness (QED) is 0.523. The second kappa shape index (κ2) is 4.59. The number of allylic oxidation sites excluding steroid dienone is 4. The minimum Gasteiger partial charge on any atom is -0.460 e. The Hall–Kier alpha value is -2.59. The van der Waals surface area contributed by atoms with E-state index >= 15 is 0 Å². The molecule has 0 aromatic carbocycles. The van der Waals surface area contributed by atoms with E-state index in [-0.39, 0.29) is 11.1 Å². The van der Waals surface area contributed by atoms with Crippen LogP contribution in [0, 0.1) is 23.3 Å². The van der Waals surface area contributed by atoms with E-state index in [1.165, 1.54) is 0 Å². The average Bonchev–Trinajstić information content (AvgIpc) is 2.38. The van der Waals surface area contributed by atoms with Gasteiger partial charge in [0.15, 0.2) is 0 Å². The van der Waals surface area contributed by atoms with Crippen LogP contribution in [-0.2, 0) is 0 Å². The van der Waals surface area contributed by atoms with E-state index in [1.807, 2.05) is 26.8 Å². The Balaban J connectivity index is 2.72. The fraction of sp³-hybridized carbons (Fsp3) is 0.267. The van der Waals surface area contributed by atoms with Crippen LogP contribution in [-0.4, -0.2) is 4.98 Å². The fourth-order valence-corrected chi connectivity index (χ4v) is 1.74. The highest BCUT2D eigenvalue weighted by Crippen LogP contribution is 2.40. The molecule has 4 heteroatoms. The zero-order valence-corrected chi connectivity index (χ0v) is 11.1. The highest BCUT2D eigenvalue weighted by atomic mass is 16.5. The van der Waals surface area contributed by atoms with Gasteiger partial charge >= 0.3 is 0 Å². The Labute approximate surface area is 112 Å². The molecule has 1 aliphatic heterocycles. The van der Waals surface area contributed by atoms with E-state index in [9.17, 15) is 0 Å². The molecular weight excluding hydrogens is 238 g/mol. The number of hydrogen-bond acceptors (Lipinski definition) is 3. The van der Waals surface area contributed by atoms with E-state index in [2.05, 4.69) is 9.83 Å². The lowest BCUT2D eigenvalue weighted by atomic mass is 9.89. The number of fused-ring (bicyclic) bond motifs is 1. The summed E-state index contributed by atoms with van der Waals surface area (Å²) in [6.45, 7) is 13.2. The van der Waals surface area contributed by atoms with Crippen LogP contribution >= 0.6 is 0 Å². The van der Waals surface area contributed by atoms with Crippen LogP contribution in [0.15, 0.2) is 36.0 Å². The molecule has 1 aliphatic rings. The van der Waals surface area contributed by atoms with Crippen LogP contribution in [0.25, 0.3) is 10.4 Å². The lowest BCUT2D eigenvalue weighted by Crippen LogP contribution is -2.18. The van der Waals surface area contributed by atoms with Crippen molar-refractivity contribution in [3.63, 3.8) is 0 Å². The van der Waals surface area contributed by atoms with Gasteiger partial charge < -0.3 is 4.74 Å². The van der Waals surface area contributed by atoms with Crippen LogP contribution in [0.5, 0.6) is 5.75 Å². The molecule has 0 N–H and O–H groups in total. The molecule has 1 aromatic heterocycles. The van der Waals surface area contributed by atoms with Crippen molar-refractivity contribution in [2.45, 2.75) is 20.8 Å². The Kier molecular flexibility index (Phi) is 3.10. The third-order valence-corrected chi connectivity index (χ3v) is 2.78. The van der Waals surface area contributed by atoms with Crippen molar-refractivity contribution in [2.75, 3.05) is 0 Å². The predicted molar refractivity (Wildman–Crippen MR) is 71.5 cm³/mol. The summed E-state index contributed by atoms with van der Waals surface area (Å²) in [4.78, 5) is 7.32. The zero-order chi connectivity index (χ0) is 14.0. The predicted octanol–water partition coefficient (Wildman–Crippen LogP) is 3.56. The second-order valence-corrected chi connectivity index (χ2v) is 5.22. The first-order chi connectivity index (χ1) is 8.97. The van der Waals surface area contributed by atoms with Crippen LogP contribution in [0.3, 0.4) is 0 Å². The smallest absolute Gasteiger partial charge is 0.269 e. The van der Waals surface area contributed by atoms with Crippen LogP contribution in [0.2, 0.25) is 0 Å². The summed E-state index contributed by atoms with van der Waals surface area (Å²) in [5.74, 6) is 1.37. The average molecular weight is 251 g/mol. The number of aromatic nitrogens is 1. The lowest BCUT2D eigenvalue weighted by molar-refractivity contribution is 0.290. The second-order valence-electron chi connectivity index (χ2n) is 5.22. The minimum atomic E-state index is -0.200. The number of nitriles is 1. The molecule has 2 rings (SSSR count). The molecular formula is C15H13N3O. The van der Waals surface area contributed by atoms with Crippen molar-refractivity contribution in [3.8, 4) is 11.8 Å². The van der Waals surface area contributed by atoms with Crippen molar-refractivity contribution in [2.24, 2.45) is 5.41 Å². The van der Waals surface area contributed by atoms with Gasteiger partial charge in [-0.2, -0.15) is 0 Å². The zero-order valence-electron chi connectivity index (χ0n) is 11.1.